The van der Waals surface area contributed by atoms with Gasteiger partial charge in [-0.2, -0.15) is 0 Å². The normalized spacial score (nSPS) is 14.7. The van der Waals surface area contributed by atoms with E-state index in [1.807, 2.05) is 18.2 Å². The molecule has 0 spiro atoms. The quantitative estimate of drug-likeness (QED) is 0.0472. The lowest BCUT2D eigenvalue weighted by molar-refractivity contribution is -0.141. The van der Waals surface area contributed by atoms with Gasteiger partial charge in [-0.15, -0.1) is 10.2 Å². The van der Waals surface area contributed by atoms with Gasteiger partial charge in [-0.05, 0) is 101 Å². The largest absolute Gasteiger partial charge is 0.494 e. The summed E-state index contributed by atoms with van der Waals surface area (Å²) in [5.74, 6) is 2.28. The molecule has 0 aliphatic carbocycles. The molecule has 1 atom stereocenters. The van der Waals surface area contributed by atoms with Gasteiger partial charge in [0.05, 0.1) is 45.7 Å². The SMILES string of the molecule is COC(=O)CCCOCCOCCOCCCCCCOc1cccc([C@H](C)Nc2cccc(NC3(c4nnc(-c5ccncc5)[nH]4)CCN(C)CC3)c2)c1. The van der Waals surface area contributed by atoms with Crippen LogP contribution in [0.1, 0.15) is 75.7 Å². The van der Waals surface area contributed by atoms with Crippen LogP contribution in [0.5, 0.6) is 5.75 Å². The third-order valence-electron chi connectivity index (χ3n) is 9.81. The topological polar surface area (TPSA) is 145 Å². The predicted octanol–water partition coefficient (Wildman–Crippen LogP) is 7.02. The lowest BCUT2D eigenvalue weighted by atomic mass is 9.86. The molecule has 3 heterocycles. The molecule has 1 fully saturated rings. The number of pyridine rings is 1. The number of hydrogen-bond acceptors (Lipinski definition) is 12. The van der Waals surface area contributed by atoms with Crippen molar-refractivity contribution in [3.63, 3.8) is 0 Å². The number of aromatic amines is 1. The fraction of sp³-hybridized carbons (Fsp3) is 0.524. The van der Waals surface area contributed by atoms with Crippen molar-refractivity contribution in [2.24, 2.45) is 0 Å². The summed E-state index contributed by atoms with van der Waals surface area (Å²) in [5, 5.41) is 16.7. The smallest absolute Gasteiger partial charge is 0.305 e. The van der Waals surface area contributed by atoms with Gasteiger partial charge >= 0.3 is 5.97 Å². The number of anilines is 2. The molecule has 0 amide bonds. The van der Waals surface area contributed by atoms with E-state index in [4.69, 9.17) is 18.9 Å². The van der Waals surface area contributed by atoms with E-state index >= 15 is 0 Å². The highest BCUT2D eigenvalue weighted by molar-refractivity contribution is 5.69. The van der Waals surface area contributed by atoms with Crippen LogP contribution in [-0.2, 0) is 29.3 Å². The van der Waals surface area contributed by atoms with Crippen LogP contribution < -0.4 is 15.4 Å². The molecule has 3 N–H and O–H groups in total. The van der Waals surface area contributed by atoms with Crippen LogP contribution in [-0.4, -0.2) is 105 Å². The first-order chi connectivity index (χ1) is 26.9. The molecule has 1 aliphatic rings. The number of piperidine rings is 1. The number of carbonyl (C=O) groups is 1. The number of esters is 1. The average molecular weight is 758 g/mol. The molecule has 4 aromatic rings. The highest BCUT2D eigenvalue weighted by atomic mass is 16.5. The molecule has 0 bridgehead atoms. The third kappa shape index (κ3) is 13.9. The maximum atomic E-state index is 11.1. The van der Waals surface area contributed by atoms with E-state index in [0.29, 0.717) is 52.5 Å². The number of ether oxygens (including phenoxy) is 5. The zero-order valence-corrected chi connectivity index (χ0v) is 32.8. The molecule has 0 radical (unpaired) electrons. The van der Waals surface area contributed by atoms with Gasteiger partial charge in [0, 0.05) is 68.1 Å². The number of rotatable bonds is 25. The molecular weight excluding hydrogens is 699 g/mol. The van der Waals surface area contributed by atoms with Gasteiger partial charge in [0.15, 0.2) is 11.6 Å². The third-order valence-corrected chi connectivity index (χ3v) is 9.81. The fourth-order valence-corrected chi connectivity index (χ4v) is 6.52. The Hall–Kier alpha value is -4.56. The van der Waals surface area contributed by atoms with E-state index in [1.54, 1.807) is 12.4 Å². The number of benzene rings is 2. The molecule has 13 nitrogen and oxygen atoms in total. The Balaban J connectivity index is 0.988. The zero-order chi connectivity index (χ0) is 38.6. The number of hydrogen-bond donors (Lipinski definition) is 3. The Labute approximate surface area is 325 Å². The van der Waals surface area contributed by atoms with E-state index in [0.717, 1.165) is 98.1 Å². The van der Waals surface area contributed by atoms with Crippen LogP contribution in [0.4, 0.5) is 11.4 Å². The van der Waals surface area contributed by atoms with Gasteiger partial charge in [-0.3, -0.25) is 9.78 Å². The van der Waals surface area contributed by atoms with Crippen molar-refractivity contribution in [3.05, 3.63) is 84.4 Å². The van der Waals surface area contributed by atoms with Crippen molar-refractivity contribution in [2.75, 3.05) is 84.1 Å². The number of methoxy groups -OCH3 is 1. The second kappa shape index (κ2) is 22.7. The van der Waals surface area contributed by atoms with Gasteiger partial charge in [-0.1, -0.05) is 24.6 Å². The van der Waals surface area contributed by atoms with Crippen molar-refractivity contribution in [2.45, 2.75) is 69.9 Å². The molecule has 298 valence electrons. The highest BCUT2D eigenvalue weighted by Crippen LogP contribution is 2.36. The molecule has 0 saturated carbocycles. The van der Waals surface area contributed by atoms with Gasteiger partial charge in [0.2, 0.25) is 0 Å². The zero-order valence-electron chi connectivity index (χ0n) is 32.8. The van der Waals surface area contributed by atoms with E-state index < -0.39 is 0 Å². The van der Waals surface area contributed by atoms with Crippen LogP contribution in [0.15, 0.2) is 73.1 Å². The van der Waals surface area contributed by atoms with Gasteiger partial charge in [0.25, 0.3) is 0 Å². The van der Waals surface area contributed by atoms with Gasteiger partial charge in [-0.25, -0.2) is 0 Å². The number of likely N-dealkylation sites (tertiary alicyclic amines) is 1. The molecule has 1 aliphatic heterocycles. The number of carbonyl (C=O) groups excluding carboxylic acids is 1. The first-order valence-electron chi connectivity index (χ1n) is 19.6. The van der Waals surface area contributed by atoms with E-state index in [-0.39, 0.29) is 17.6 Å². The lowest BCUT2D eigenvalue weighted by Crippen LogP contribution is -2.46. The lowest BCUT2D eigenvalue weighted by Gasteiger charge is -2.40. The van der Waals surface area contributed by atoms with Crippen LogP contribution >= 0.6 is 0 Å². The minimum atomic E-state index is -0.364. The van der Waals surface area contributed by atoms with Crippen LogP contribution in [0.25, 0.3) is 11.4 Å². The first kappa shape index (κ1) is 41.6. The molecule has 0 unspecified atom stereocenters. The van der Waals surface area contributed by atoms with Crippen LogP contribution in [0.3, 0.4) is 0 Å². The van der Waals surface area contributed by atoms with Crippen molar-refractivity contribution in [1.29, 1.82) is 0 Å². The summed E-state index contributed by atoms with van der Waals surface area (Å²) in [7, 11) is 3.56. The van der Waals surface area contributed by atoms with Gasteiger partial charge < -0.3 is 44.2 Å². The summed E-state index contributed by atoms with van der Waals surface area (Å²) in [6, 6.07) is 20.8. The van der Waals surface area contributed by atoms with E-state index in [1.165, 1.54) is 7.11 Å². The fourth-order valence-electron chi connectivity index (χ4n) is 6.52. The molecule has 2 aromatic heterocycles. The molecule has 5 rings (SSSR count). The highest BCUT2D eigenvalue weighted by Gasteiger charge is 2.39. The van der Waals surface area contributed by atoms with Crippen molar-refractivity contribution < 1.29 is 28.5 Å². The summed E-state index contributed by atoms with van der Waals surface area (Å²) in [5.41, 5.74) is 3.83. The molecule has 1 saturated heterocycles. The summed E-state index contributed by atoms with van der Waals surface area (Å²) in [4.78, 5) is 21.1. The Bertz CT molecular complexity index is 1680. The van der Waals surface area contributed by atoms with Crippen LogP contribution in [0, 0.1) is 0 Å². The summed E-state index contributed by atoms with van der Waals surface area (Å²) in [6.45, 7) is 8.19. The van der Waals surface area contributed by atoms with E-state index in [2.05, 4.69) is 96.9 Å². The maximum Gasteiger partial charge on any atom is 0.305 e. The van der Waals surface area contributed by atoms with Gasteiger partial charge in [0.1, 0.15) is 5.75 Å². The Morgan fingerprint density at radius 2 is 1.49 bits per heavy atom. The monoisotopic (exact) mass is 757 g/mol. The predicted molar refractivity (Wildman–Crippen MR) is 214 cm³/mol. The number of H-pyrrole nitrogens is 1. The minimum absolute atomic E-state index is 0.0799. The molecule has 13 heteroatoms. The second-order valence-electron chi connectivity index (χ2n) is 14.1. The molecular formula is C42H59N7O6. The van der Waals surface area contributed by atoms with E-state index in [9.17, 15) is 4.79 Å². The number of aromatic nitrogens is 4. The number of nitrogens with one attached hydrogen (secondary N) is 3. The average Bonchev–Trinajstić information content (AvgIpc) is 3.72. The number of nitrogens with zero attached hydrogens (tertiary/aromatic N) is 4. The Kier molecular flexibility index (Phi) is 17.2. The first-order valence-corrected chi connectivity index (χ1v) is 19.6. The Morgan fingerprint density at radius 3 is 2.24 bits per heavy atom. The maximum absolute atomic E-state index is 11.1. The summed E-state index contributed by atoms with van der Waals surface area (Å²) >= 11 is 0. The van der Waals surface area contributed by atoms with Crippen molar-refractivity contribution in [1.82, 2.24) is 25.1 Å². The molecule has 2 aromatic carbocycles. The summed E-state index contributed by atoms with van der Waals surface area (Å²) in [6.07, 6.45) is 10.6. The number of unbranched alkanes of at least 4 members (excludes halogenated alkanes) is 3. The van der Waals surface area contributed by atoms with Crippen molar-refractivity contribution >= 4 is 17.3 Å². The minimum Gasteiger partial charge on any atom is -0.494 e. The Morgan fingerprint density at radius 1 is 0.818 bits per heavy atom. The van der Waals surface area contributed by atoms with Crippen LogP contribution in [0.2, 0.25) is 0 Å². The molecule has 55 heavy (non-hydrogen) atoms. The standard InChI is InChI=1S/C42H59N7O6/c1-33(35-11-8-14-38(31-35)55-26-7-5-4-6-24-52-27-29-54-30-28-53-25-10-15-39(50)51-3)44-36-12-9-13-37(32-36)46-42(18-22-49(2)23-19-42)41-45-40(47-48-41)34-16-20-43-21-17-34/h8-9,11-14,16-17,20-21,31-33,44,46H,4-7,10,15,18-19,22-30H2,1-3H3,(H,45,47,48)/t33-/m0/s1. The van der Waals surface area contributed by atoms with Crippen molar-refractivity contribution in [3.8, 4) is 17.1 Å². The summed E-state index contributed by atoms with van der Waals surface area (Å²) < 4.78 is 27.4. The second-order valence-corrected chi connectivity index (χ2v) is 14.1.